The van der Waals surface area contributed by atoms with E-state index in [2.05, 4.69) is 28.1 Å². The van der Waals surface area contributed by atoms with E-state index in [4.69, 9.17) is 16.6 Å². The summed E-state index contributed by atoms with van der Waals surface area (Å²) in [6.45, 7) is 0. The van der Waals surface area contributed by atoms with Crippen LogP contribution in [0.1, 0.15) is 29.6 Å². The molecular weight excluding hydrogens is 361 g/mol. The van der Waals surface area contributed by atoms with Gasteiger partial charge in [-0.25, -0.2) is 9.37 Å². The van der Waals surface area contributed by atoms with Crippen molar-refractivity contribution in [2.45, 2.75) is 18.5 Å². The molecule has 27 heavy (non-hydrogen) atoms. The van der Waals surface area contributed by atoms with E-state index in [1.165, 1.54) is 17.7 Å². The predicted molar refractivity (Wildman–Crippen MR) is 107 cm³/mol. The fourth-order valence-electron chi connectivity index (χ4n) is 3.89. The van der Waals surface area contributed by atoms with Crippen LogP contribution >= 0.6 is 11.6 Å². The molecule has 1 aliphatic rings. The molecule has 0 radical (unpaired) electrons. The Morgan fingerprint density at radius 2 is 1.63 bits per heavy atom. The third kappa shape index (κ3) is 2.86. The lowest BCUT2D eigenvalue weighted by Crippen LogP contribution is -2.27. The molecule has 3 aromatic carbocycles. The summed E-state index contributed by atoms with van der Waals surface area (Å²) >= 11 is 6.10. The van der Waals surface area contributed by atoms with Crippen molar-refractivity contribution < 1.29 is 4.39 Å². The molecule has 0 spiro atoms. The molecule has 134 valence electrons. The van der Waals surface area contributed by atoms with Gasteiger partial charge in [-0.2, -0.15) is 0 Å². The first-order valence-electron chi connectivity index (χ1n) is 8.93. The first kappa shape index (κ1) is 16.3. The number of anilines is 1. The molecule has 5 heteroatoms. The number of hydrogen-bond acceptors (Lipinski definition) is 2. The number of hydrogen-bond donors (Lipinski definition) is 1. The van der Waals surface area contributed by atoms with Gasteiger partial charge in [0.05, 0.1) is 23.1 Å². The van der Waals surface area contributed by atoms with Crippen molar-refractivity contribution in [2.75, 3.05) is 5.32 Å². The Labute approximate surface area is 161 Å². The molecule has 2 heterocycles. The number of rotatable bonds is 2. The van der Waals surface area contributed by atoms with Gasteiger partial charge in [0.2, 0.25) is 5.95 Å². The molecule has 0 fully saturated rings. The predicted octanol–water partition coefficient (Wildman–Crippen LogP) is 5.98. The summed E-state index contributed by atoms with van der Waals surface area (Å²) in [5.41, 5.74) is 4.28. The van der Waals surface area contributed by atoms with Crippen molar-refractivity contribution in [3.8, 4) is 0 Å². The number of halogens is 2. The van der Waals surface area contributed by atoms with E-state index in [1.807, 2.05) is 42.5 Å². The fourth-order valence-corrected chi connectivity index (χ4v) is 4.02. The van der Waals surface area contributed by atoms with Crippen molar-refractivity contribution in [3.05, 3.63) is 94.8 Å². The average molecular weight is 378 g/mol. The number of imidazole rings is 1. The van der Waals surface area contributed by atoms with Gasteiger partial charge < -0.3 is 9.88 Å². The standard InChI is InChI=1S/C22H17ClFN3/c23-16-9-5-15(6-10-16)21-13-19(14-7-11-17(24)12-8-14)26-22-25-18-3-1-2-4-20(18)27(21)22/h1-12,19,21H,13H2,(H,25,26)/t19-,21-/m1/s1. The van der Waals surface area contributed by atoms with Crippen LogP contribution in [0.5, 0.6) is 0 Å². The number of benzene rings is 3. The van der Waals surface area contributed by atoms with E-state index >= 15 is 0 Å². The van der Waals surface area contributed by atoms with E-state index in [9.17, 15) is 4.39 Å². The highest BCUT2D eigenvalue weighted by molar-refractivity contribution is 6.30. The van der Waals surface area contributed by atoms with Crippen molar-refractivity contribution in [3.63, 3.8) is 0 Å². The van der Waals surface area contributed by atoms with Crippen LogP contribution in [0, 0.1) is 5.82 Å². The maximum absolute atomic E-state index is 13.4. The van der Waals surface area contributed by atoms with Crippen molar-refractivity contribution in [1.82, 2.24) is 9.55 Å². The van der Waals surface area contributed by atoms with Gasteiger partial charge in [-0.1, -0.05) is 48.0 Å². The van der Waals surface area contributed by atoms with Crippen LogP contribution in [-0.2, 0) is 0 Å². The minimum Gasteiger partial charge on any atom is -0.349 e. The quantitative estimate of drug-likeness (QED) is 0.466. The Hall–Kier alpha value is -2.85. The molecule has 1 N–H and O–H groups in total. The van der Waals surface area contributed by atoms with Crippen LogP contribution in [0.4, 0.5) is 10.3 Å². The Balaban J connectivity index is 1.65. The van der Waals surface area contributed by atoms with Crippen LogP contribution in [0.3, 0.4) is 0 Å². The number of aromatic nitrogens is 2. The largest absolute Gasteiger partial charge is 0.349 e. The topological polar surface area (TPSA) is 29.9 Å². The molecular formula is C22H17ClFN3. The lowest BCUT2D eigenvalue weighted by atomic mass is 9.93. The molecule has 2 atom stereocenters. The molecule has 0 saturated heterocycles. The second-order valence-electron chi connectivity index (χ2n) is 6.85. The highest BCUT2D eigenvalue weighted by atomic mass is 35.5. The minimum absolute atomic E-state index is 0.0515. The average Bonchev–Trinajstić information content (AvgIpc) is 3.07. The zero-order valence-corrected chi connectivity index (χ0v) is 15.2. The monoisotopic (exact) mass is 377 g/mol. The maximum Gasteiger partial charge on any atom is 0.204 e. The number of nitrogens with zero attached hydrogens (tertiary/aromatic N) is 2. The number of para-hydroxylation sites is 2. The molecule has 3 nitrogen and oxygen atoms in total. The first-order chi connectivity index (χ1) is 13.2. The fraction of sp³-hybridized carbons (Fsp3) is 0.136. The normalized spacial score (nSPS) is 18.9. The molecule has 0 amide bonds. The van der Waals surface area contributed by atoms with Gasteiger partial charge in [-0.3, -0.25) is 0 Å². The third-order valence-corrected chi connectivity index (χ3v) is 5.45. The van der Waals surface area contributed by atoms with Crippen LogP contribution in [0.2, 0.25) is 5.02 Å². The molecule has 0 unspecified atom stereocenters. The summed E-state index contributed by atoms with van der Waals surface area (Å²) < 4.78 is 15.6. The summed E-state index contributed by atoms with van der Waals surface area (Å²) in [6, 6.07) is 23.0. The number of nitrogens with one attached hydrogen (secondary N) is 1. The highest BCUT2D eigenvalue weighted by Crippen LogP contribution is 2.41. The van der Waals surface area contributed by atoms with E-state index in [-0.39, 0.29) is 17.9 Å². The lowest BCUT2D eigenvalue weighted by Gasteiger charge is -2.33. The van der Waals surface area contributed by atoms with Crippen LogP contribution in [-0.4, -0.2) is 9.55 Å². The minimum atomic E-state index is -0.226. The Morgan fingerprint density at radius 3 is 2.41 bits per heavy atom. The molecule has 1 aromatic heterocycles. The smallest absolute Gasteiger partial charge is 0.204 e. The molecule has 0 aliphatic carbocycles. The highest BCUT2D eigenvalue weighted by Gasteiger charge is 2.30. The van der Waals surface area contributed by atoms with Gasteiger partial charge in [0.1, 0.15) is 5.82 Å². The van der Waals surface area contributed by atoms with Gasteiger partial charge in [0.15, 0.2) is 0 Å². The molecule has 0 bridgehead atoms. The zero-order valence-electron chi connectivity index (χ0n) is 14.4. The molecule has 5 rings (SSSR count). The van der Waals surface area contributed by atoms with Gasteiger partial charge >= 0.3 is 0 Å². The van der Waals surface area contributed by atoms with E-state index < -0.39 is 0 Å². The van der Waals surface area contributed by atoms with Crippen LogP contribution in [0.15, 0.2) is 72.8 Å². The van der Waals surface area contributed by atoms with Crippen LogP contribution < -0.4 is 5.32 Å². The Morgan fingerprint density at radius 1 is 0.926 bits per heavy atom. The zero-order chi connectivity index (χ0) is 18.4. The maximum atomic E-state index is 13.4. The first-order valence-corrected chi connectivity index (χ1v) is 9.31. The van der Waals surface area contributed by atoms with Gasteiger partial charge in [-0.05, 0) is 53.9 Å². The Kier molecular flexibility index (Phi) is 3.87. The van der Waals surface area contributed by atoms with E-state index in [0.29, 0.717) is 0 Å². The summed E-state index contributed by atoms with van der Waals surface area (Å²) in [6.07, 6.45) is 0.834. The Bertz CT molecular complexity index is 1100. The second kappa shape index (κ2) is 6.39. The molecule has 4 aromatic rings. The summed E-state index contributed by atoms with van der Waals surface area (Å²) in [7, 11) is 0. The third-order valence-electron chi connectivity index (χ3n) is 5.20. The van der Waals surface area contributed by atoms with Crippen LogP contribution in [0.25, 0.3) is 11.0 Å². The summed E-state index contributed by atoms with van der Waals surface area (Å²) in [5.74, 6) is 0.604. The molecule has 0 saturated carbocycles. The van der Waals surface area contributed by atoms with Crippen molar-refractivity contribution >= 4 is 28.6 Å². The van der Waals surface area contributed by atoms with Gasteiger partial charge in [-0.15, -0.1) is 0 Å². The lowest BCUT2D eigenvalue weighted by molar-refractivity contribution is 0.477. The van der Waals surface area contributed by atoms with Gasteiger partial charge in [0.25, 0.3) is 0 Å². The van der Waals surface area contributed by atoms with E-state index in [1.54, 1.807) is 0 Å². The van der Waals surface area contributed by atoms with Crippen molar-refractivity contribution in [1.29, 1.82) is 0 Å². The molecule has 1 aliphatic heterocycles. The SMILES string of the molecule is Fc1ccc([C@H]2C[C@H](c3ccc(Cl)cc3)n3c(nc4ccccc43)N2)cc1. The van der Waals surface area contributed by atoms with Gasteiger partial charge in [0, 0.05) is 5.02 Å². The van der Waals surface area contributed by atoms with Crippen molar-refractivity contribution in [2.24, 2.45) is 0 Å². The van der Waals surface area contributed by atoms with E-state index in [0.717, 1.165) is 34.0 Å². The summed E-state index contributed by atoms with van der Waals surface area (Å²) in [4.78, 5) is 4.79. The second-order valence-corrected chi connectivity index (χ2v) is 7.28. The number of fused-ring (bicyclic) bond motifs is 3. The summed E-state index contributed by atoms with van der Waals surface area (Å²) in [5, 5.41) is 4.26.